The molecule has 0 spiro atoms. The van der Waals surface area contributed by atoms with Crippen molar-refractivity contribution in [3.63, 3.8) is 0 Å². The van der Waals surface area contributed by atoms with Crippen LogP contribution in [-0.2, 0) is 11.3 Å². The zero-order valence-corrected chi connectivity index (χ0v) is 28.1. The van der Waals surface area contributed by atoms with Gasteiger partial charge in [0.25, 0.3) is 5.56 Å². The second-order valence-corrected chi connectivity index (χ2v) is 12.7. The maximum Gasteiger partial charge on any atom is 0.411 e. The van der Waals surface area contributed by atoms with E-state index < -0.39 is 18.2 Å². The van der Waals surface area contributed by atoms with Crippen molar-refractivity contribution in [2.75, 3.05) is 45.3 Å². The molecule has 0 radical (unpaired) electrons. The largest absolute Gasteiger partial charge is 0.497 e. The van der Waals surface area contributed by atoms with Crippen LogP contribution in [0.2, 0.25) is 5.02 Å². The number of hydrogen-bond acceptors (Lipinski definition) is 7. The van der Waals surface area contributed by atoms with Gasteiger partial charge in [-0.25, -0.2) is 14.5 Å². The number of carbonyl (C=O) groups is 1. The molecule has 10 heteroatoms. The molecule has 1 aliphatic carbocycles. The first kappa shape index (κ1) is 31.7. The lowest BCUT2D eigenvalue weighted by Gasteiger charge is -2.39. The van der Waals surface area contributed by atoms with Crippen molar-refractivity contribution in [2.24, 2.45) is 0 Å². The van der Waals surface area contributed by atoms with E-state index in [0.29, 0.717) is 41.3 Å². The predicted molar refractivity (Wildman–Crippen MR) is 188 cm³/mol. The van der Waals surface area contributed by atoms with Crippen LogP contribution in [0.25, 0.3) is 22.0 Å². The normalized spacial score (nSPS) is 15.2. The number of halogens is 1. The van der Waals surface area contributed by atoms with E-state index in [9.17, 15) is 9.59 Å². The third-order valence-corrected chi connectivity index (χ3v) is 9.80. The Morgan fingerprint density at radius 3 is 2.19 bits per heavy atom. The molecule has 9 nitrogen and oxygen atoms in total. The first-order chi connectivity index (χ1) is 23.4. The van der Waals surface area contributed by atoms with Gasteiger partial charge in [0.2, 0.25) is 0 Å². The van der Waals surface area contributed by atoms with Crippen molar-refractivity contribution in [1.29, 1.82) is 0 Å². The number of nitrogens with zero attached hydrogens (tertiary/aromatic N) is 5. The van der Waals surface area contributed by atoms with Crippen LogP contribution in [0.15, 0.2) is 95.8 Å². The standard InChI is InChI=1S/C38H38ClN5O4/c1-4-33(41(2)38(46)48-35-29-12-7-5-10-27(29)28-11-6-8-13-30(28)35)36-40-32-15-9-14-31(39)34(32)37(45)44(36)43-22-20-42(21-23-43)24-25-16-18-26(47-3)19-17-25/h5-19,33,35H,4,20-24H2,1-3H3/t33-/m0/s1. The number of amides is 1. The molecule has 1 amide bonds. The number of hydrogen-bond donors (Lipinski definition) is 0. The van der Waals surface area contributed by atoms with Crippen LogP contribution in [0.5, 0.6) is 5.75 Å². The van der Waals surface area contributed by atoms with E-state index in [-0.39, 0.29) is 5.56 Å². The minimum atomic E-state index is -0.544. The van der Waals surface area contributed by atoms with Crippen molar-refractivity contribution < 1.29 is 14.3 Å². The maximum atomic E-state index is 14.3. The smallest absolute Gasteiger partial charge is 0.411 e. The first-order valence-corrected chi connectivity index (χ1v) is 16.7. The van der Waals surface area contributed by atoms with Gasteiger partial charge < -0.3 is 19.4 Å². The van der Waals surface area contributed by atoms with Crippen molar-refractivity contribution in [1.82, 2.24) is 19.5 Å². The molecule has 0 unspecified atom stereocenters. The van der Waals surface area contributed by atoms with E-state index in [4.69, 9.17) is 26.1 Å². The number of benzene rings is 4. The summed E-state index contributed by atoms with van der Waals surface area (Å²) in [6.45, 7) is 5.46. The van der Waals surface area contributed by atoms with Gasteiger partial charge in [0.1, 0.15) is 5.75 Å². The van der Waals surface area contributed by atoms with Gasteiger partial charge in [-0.3, -0.25) is 9.69 Å². The van der Waals surface area contributed by atoms with Gasteiger partial charge in [0.05, 0.1) is 29.1 Å². The summed E-state index contributed by atoms with van der Waals surface area (Å²) in [6, 6.07) is 28.9. The summed E-state index contributed by atoms with van der Waals surface area (Å²) in [5.41, 5.74) is 5.48. The topological polar surface area (TPSA) is 80.1 Å². The summed E-state index contributed by atoms with van der Waals surface area (Å²) in [5.74, 6) is 1.31. The summed E-state index contributed by atoms with van der Waals surface area (Å²) in [6.07, 6.45) is -0.511. The highest BCUT2D eigenvalue weighted by molar-refractivity contribution is 6.35. The molecule has 1 saturated heterocycles. The van der Waals surface area contributed by atoms with Crippen LogP contribution in [-0.4, -0.2) is 65.9 Å². The fraction of sp³-hybridized carbons (Fsp3) is 0.289. The Morgan fingerprint density at radius 1 is 0.917 bits per heavy atom. The molecule has 2 heterocycles. The Balaban J connectivity index is 1.18. The van der Waals surface area contributed by atoms with Gasteiger partial charge >= 0.3 is 6.09 Å². The number of aromatic nitrogens is 2. The molecule has 0 saturated carbocycles. The lowest BCUT2D eigenvalue weighted by molar-refractivity contribution is 0.0710. The molecule has 1 atom stereocenters. The predicted octanol–water partition coefficient (Wildman–Crippen LogP) is 6.80. The van der Waals surface area contributed by atoms with Gasteiger partial charge in [-0.05, 0) is 47.4 Å². The molecule has 5 aromatic rings. The third kappa shape index (κ3) is 5.77. The zero-order chi connectivity index (χ0) is 33.4. The fourth-order valence-electron chi connectivity index (χ4n) is 6.95. The molecule has 2 aliphatic rings. The lowest BCUT2D eigenvalue weighted by Crippen LogP contribution is -2.55. The van der Waals surface area contributed by atoms with E-state index in [0.717, 1.165) is 47.6 Å². The highest BCUT2D eigenvalue weighted by Gasteiger charge is 2.35. The highest BCUT2D eigenvalue weighted by Crippen LogP contribution is 2.45. The number of fused-ring (bicyclic) bond motifs is 4. The number of piperazine rings is 1. The highest BCUT2D eigenvalue weighted by atomic mass is 35.5. The van der Waals surface area contributed by atoms with Crippen LogP contribution in [0, 0.1) is 0 Å². The molecule has 1 aromatic heterocycles. The van der Waals surface area contributed by atoms with Crippen molar-refractivity contribution in [2.45, 2.75) is 32.0 Å². The molecular weight excluding hydrogens is 626 g/mol. The lowest BCUT2D eigenvalue weighted by atomic mass is 10.1. The summed E-state index contributed by atoms with van der Waals surface area (Å²) < 4.78 is 13.2. The maximum absolute atomic E-state index is 14.3. The minimum absolute atomic E-state index is 0.247. The summed E-state index contributed by atoms with van der Waals surface area (Å²) in [7, 11) is 3.38. The number of carbonyl (C=O) groups excluding carboxylic acids is 1. The van der Waals surface area contributed by atoms with Crippen LogP contribution in [0.1, 0.15) is 48.0 Å². The van der Waals surface area contributed by atoms with Gasteiger partial charge in [-0.2, -0.15) is 0 Å². The van der Waals surface area contributed by atoms with Crippen molar-refractivity contribution in [3.05, 3.63) is 129 Å². The Morgan fingerprint density at radius 2 is 1.56 bits per heavy atom. The van der Waals surface area contributed by atoms with Crippen LogP contribution >= 0.6 is 11.6 Å². The van der Waals surface area contributed by atoms with Crippen LogP contribution in [0.4, 0.5) is 4.79 Å². The Hall–Kier alpha value is -4.86. The molecule has 4 aromatic carbocycles. The number of rotatable bonds is 8. The van der Waals surface area contributed by atoms with Crippen LogP contribution in [0.3, 0.4) is 0 Å². The molecule has 246 valence electrons. The van der Waals surface area contributed by atoms with Gasteiger partial charge in [0.15, 0.2) is 11.9 Å². The second-order valence-electron chi connectivity index (χ2n) is 12.3. The molecule has 7 rings (SSSR count). The van der Waals surface area contributed by atoms with E-state index in [1.165, 1.54) is 5.56 Å². The monoisotopic (exact) mass is 663 g/mol. The van der Waals surface area contributed by atoms with E-state index in [1.807, 2.05) is 60.5 Å². The zero-order valence-electron chi connectivity index (χ0n) is 27.3. The Bertz CT molecular complexity index is 1980. The first-order valence-electron chi connectivity index (χ1n) is 16.3. The Labute approximate surface area is 284 Å². The molecule has 48 heavy (non-hydrogen) atoms. The van der Waals surface area contributed by atoms with E-state index >= 15 is 0 Å². The second kappa shape index (κ2) is 13.3. The summed E-state index contributed by atoms with van der Waals surface area (Å²) in [4.78, 5) is 37.2. The number of methoxy groups -OCH3 is 1. The molecular formula is C38H38ClN5O4. The van der Waals surface area contributed by atoms with E-state index in [2.05, 4.69) is 29.2 Å². The quantitative estimate of drug-likeness (QED) is 0.181. The SMILES string of the molecule is CC[C@@H](c1nc2cccc(Cl)c2c(=O)n1N1CCN(Cc2ccc(OC)cc2)CC1)N(C)C(=O)OC1c2ccccc2-c2ccccc21. The van der Waals surface area contributed by atoms with Gasteiger partial charge in [0, 0.05) is 50.9 Å². The average molecular weight is 664 g/mol. The average Bonchev–Trinajstić information content (AvgIpc) is 3.42. The van der Waals surface area contributed by atoms with Crippen LogP contribution < -0.4 is 15.3 Å². The minimum Gasteiger partial charge on any atom is -0.497 e. The Kier molecular flexibility index (Phi) is 8.81. The van der Waals surface area contributed by atoms with Gasteiger partial charge in [-0.15, -0.1) is 0 Å². The fourth-order valence-corrected chi connectivity index (χ4v) is 7.20. The molecule has 1 fully saturated rings. The van der Waals surface area contributed by atoms with Gasteiger partial charge in [-0.1, -0.05) is 85.3 Å². The van der Waals surface area contributed by atoms with Crippen molar-refractivity contribution >= 4 is 28.6 Å². The molecule has 0 N–H and O–H groups in total. The van der Waals surface area contributed by atoms with Crippen molar-refractivity contribution in [3.8, 4) is 16.9 Å². The van der Waals surface area contributed by atoms with E-state index in [1.54, 1.807) is 41.9 Å². The summed E-state index contributed by atoms with van der Waals surface area (Å²) >= 11 is 6.59. The molecule has 0 bridgehead atoms. The number of ether oxygens (including phenoxy) is 2. The summed E-state index contributed by atoms with van der Waals surface area (Å²) in [5, 5.41) is 2.74. The third-order valence-electron chi connectivity index (χ3n) is 9.48. The molecule has 1 aliphatic heterocycles.